The third-order valence-electron chi connectivity index (χ3n) is 3.82. The van der Waals surface area contributed by atoms with E-state index in [2.05, 4.69) is 16.8 Å². The van der Waals surface area contributed by atoms with E-state index >= 15 is 0 Å². The minimum absolute atomic E-state index is 0.123. The molecule has 4 heteroatoms. The van der Waals surface area contributed by atoms with Crippen LogP contribution in [0.25, 0.3) is 0 Å². The first-order valence-corrected chi connectivity index (χ1v) is 7.21. The van der Waals surface area contributed by atoms with E-state index in [-0.39, 0.29) is 18.6 Å². The van der Waals surface area contributed by atoms with Gasteiger partial charge in [-0.2, -0.15) is 0 Å². The van der Waals surface area contributed by atoms with Crippen molar-refractivity contribution in [3.8, 4) is 0 Å². The Morgan fingerprint density at radius 3 is 2.48 bits per heavy atom. The van der Waals surface area contributed by atoms with Crippen molar-refractivity contribution in [3.63, 3.8) is 0 Å². The molecule has 0 radical (unpaired) electrons. The lowest BCUT2D eigenvalue weighted by Crippen LogP contribution is -2.31. The average Bonchev–Trinajstić information content (AvgIpc) is 2.79. The first kappa shape index (κ1) is 15.3. The molecule has 1 aromatic heterocycles. The molecule has 2 aromatic rings. The zero-order valence-electron chi connectivity index (χ0n) is 12.8. The van der Waals surface area contributed by atoms with Gasteiger partial charge < -0.3 is 15.0 Å². The molecule has 0 saturated carbocycles. The standard InChI is InChI=1S/C17H22N2O2/c1-4-19-12(2)10-15(13(19)3)17(21)18-16(11-20)14-8-6-5-7-9-14/h5-10,16,20H,4,11H2,1-3H3,(H,18,21). The number of benzene rings is 1. The lowest BCUT2D eigenvalue weighted by atomic mass is 10.1. The number of carbonyl (C=O) groups excluding carboxylic acids is 1. The molecule has 1 aromatic carbocycles. The largest absolute Gasteiger partial charge is 0.394 e. The number of hydrogen-bond acceptors (Lipinski definition) is 2. The number of rotatable bonds is 5. The lowest BCUT2D eigenvalue weighted by Gasteiger charge is -2.16. The summed E-state index contributed by atoms with van der Waals surface area (Å²) in [6.45, 7) is 6.72. The molecule has 4 nitrogen and oxygen atoms in total. The first-order valence-electron chi connectivity index (χ1n) is 7.21. The highest BCUT2D eigenvalue weighted by Crippen LogP contribution is 2.17. The molecule has 0 bridgehead atoms. The third-order valence-corrected chi connectivity index (χ3v) is 3.82. The third kappa shape index (κ3) is 3.16. The van der Waals surface area contributed by atoms with E-state index in [0.29, 0.717) is 5.56 Å². The van der Waals surface area contributed by atoms with E-state index in [9.17, 15) is 9.90 Å². The molecule has 2 rings (SSSR count). The second-order valence-corrected chi connectivity index (χ2v) is 5.15. The summed E-state index contributed by atoms with van der Waals surface area (Å²) in [7, 11) is 0. The SMILES string of the molecule is CCn1c(C)cc(C(=O)NC(CO)c2ccccc2)c1C. The predicted molar refractivity (Wildman–Crippen MR) is 83.3 cm³/mol. The van der Waals surface area contributed by atoms with E-state index in [4.69, 9.17) is 0 Å². The number of carbonyl (C=O) groups is 1. The van der Waals surface area contributed by atoms with E-state index in [1.165, 1.54) is 0 Å². The van der Waals surface area contributed by atoms with E-state index in [1.807, 2.05) is 50.2 Å². The van der Waals surface area contributed by atoms with Gasteiger partial charge in [0.25, 0.3) is 5.91 Å². The van der Waals surface area contributed by atoms with Gasteiger partial charge in [-0.05, 0) is 32.4 Å². The molecule has 0 saturated heterocycles. The fourth-order valence-electron chi connectivity index (χ4n) is 2.67. The van der Waals surface area contributed by atoms with Crippen molar-refractivity contribution in [3.05, 3.63) is 58.9 Å². The Bertz CT molecular complexity index is 617. The second kappa shape index (κ2) is 6.59. The van der Waals surface area contributed by atoms with Gasteiger partial charge in [-0.3, -0.25) is 4.79 Å². The zero-order chi connectivity index (χ0) is 15.4. The summed E-state index contributed by atoms with van der Waals surface area (Å²) >= 11 is 0. The van der Waals surface area contributed by atoms with Crippen LogP contribution in [0.4, 0.5) is 0 Å². The maximum absolute atomic E-state index is 12.5. The van der Waals surface area contributed by atoms with Crippen LogP contribution in [0, 0.1) is 13.8 Å². The highest BCUT2D eigenvalue weighted by Gasteiger charge is 2.19. The fraction of sp³-hybridized carbons (Fsp3) is 0.353. The minimum atomic E-state index is -0.386. The van der Waals surface area contributed by atoms with Gasteiger partial charge in [0.2, 0.25) is 0 Å². The topological polar surface area (TPSA) is 54.3 Å². The van der Waals surface area contributed by atoms with Crippen LogP contribution >= 0.6 is 0 Å². The van der Waals surface area contributed by atoms with Gasteiger partial charge in [0.15, 0.2) is 0 Å². The van der Waals surface area contributed by atoms with Crippen LogP contribution in [0.3, 0.4) is 0 Å². The van der Waals surface area contributed by atoms with Crippen LogP contribution in [0.2, 0.25) is 0 Å². The van der Waals surface area contributed by atoms with E-state index in [0.717, 1.165) is 23.5 Å². The van der Waals surface area contributed by atoms with Crippen molar-refractivity contribution in [2.45, 2.75) is 33.4 Å². The zero-order valence-corrected chi connectivity index (χ0v) is 12.8. The van der Waals surface area contributed by atoms with Crippen LogP contribution in [0.1, 0.15) is 40.3 Å². The van der Waals surface area contributed by atoms with Gasteiger partial charge >= 0.3 is 0 Å². The van der Waals surface area contributed by atoms with E-state index < -0.39 is 0 Å². The Labute approximate surface area is 125 Å². The number of amides is 1. The van der Waals surface area contributed by atoms with Gasteiger partial charge in [0.05, 0.1) is 18.2 Å². The first-order chi connectivity index (χ1) is 10.1. The summed E-state index contributed by atoms with van der Waals surface area (Å²) in [6, 6.07) is 11.0. The Balaban J connectivity index is 2.21. The van der Waals surface area contributed by atoms with Gasteiger partial charge in [-0.15, -0.1) is 0 Å². The monoisotopic (exact) mass is 286 g/mol. The summed E-state index contributed by atoms with van der Waals surface area (Å²) in [4.78, 5) is 12.5. The Kier molecular flexibility index (Phi) is 4.81. The van der Waals surface area contributed by atoms with E-state index in [1.54, 1.807) is 0 Å². The number of hydrogen-bond donors (Lipinski definition) is 2. The molecule has 2 N–H and O–H groups in total. The van der Waals surface area contributed by atoms with Gasteiger partial charge in [-0.25, -0.2) is 0 Å². The fourth-order valence-corrected chi connectivity index (χ4v) is 2.67. The average molecular weight is 286 g/mol. The van der Waals surface area contributed by atoms with Crippen LogP contribution in [-0.2, 0) is 6.54 Å². The molecular weight excluding hydrogens is 264 g/mol. The number of nitrogens with zero attached hydrogens (tertiary/aromatic N) is 1. The summed E-state index contributed by atoms with van der Waals surface area (Å²) in [6.07, 6.45) is 0. The number of aryl methyl sites for hydroxylation is 1. The normalized spacial score (nSPS) is 12.2. The van der Waals surface area contributed by atoms with Crippen LogP contribution in [0.5, 0.6) is 0 Å². The molecule has 0 spiro atoms. The Morgan fingerprint density at radius 2 is 1.95 bits per heavy atom. The summed E-state index contributed by atoms with van der Waals surface area (Å²) in [5.74, 6) is -0.147. The second-order valence-electron chi connectivity index (χ2n) is 5.15. The molecular formula is C17H22N2O2. The lowest BCUT2D eigenvalue weighted by molar-refractivity contribution is 0.0915. The van der Waals surface area contributed by atoms with Crippen LogP contribution < -0.4 is 5.32 Å². The van der Waals surface area contributed by atoms with Crippen molar-refractivity contribution in [1.29, 1.82) is 0 Å². The van der Waals surface area contributed by atoms with Crippen molar-refractivity contribution < 1.29 is 9.90 Å². The van der Waals surface area contributed by atoms with Crippen molar-refractivity contribution in [2.75, 3.05) is 6.61 Å². The van der Waals surface area contributed by atoms with Gasteiger partial charge in [-0.1, -0.05) is 30.3 Å². The van der Waals surface area contributed by atoms with Crippen molar-refractivity contribution in [1.82, 2.24) is 9.88 Å². The molecule has 1 unspecified atom stereocenters. The molecule has 1 atom stereocenters. The number of nitrogens with one attached hydrogen (secondary N) is 1. The summed E-state index contributed by atoms with van der Waals surface area (Å²) in [5.41, 5.74) is 3.60. The molecule has 0 aliphatic rings. The Hall–Kier alpha value is -2.07. The maximum atomic E-state index is 12.5. The maximum Gasteiger partial charge on any atom is 0.253 e. The highest BCUT2D eigenvalue weighted by molar-refractivity contribution is 5.96. The molecule has 0 fully saturated rings. The Morgan fingerprint density at radius 1 is 1.29 bits per heavy atom. The van der Waals surface area contributed by atoms with Crippen molar-refractivity contribution >= 4 is 5.91 Å². The summed E-state index contributed by atoms with van der Waals surface area (Å²) in [5, 5.41) is 12.4. The molecule has 112 valence electrons. The number of aliphatic hydroxyl groups is 1. The number of aromatic nitrogens is 1. The minimum Gasteiger partial charge on any atom is -0.394 e. The predicted octanol–water partition coefficient (Wildman–Crippen LogP) is 2.59. The highest BCUT2D eigenvalue weighted by atomic mass is 16.3. The van der Waals surface area contributed by atoms with Crippen LogP contribution in [-0.4, -0.2) is 22.2 Å². The van der Waals surface area contributed by atoms with Gasteiger partial charge in [0, 0.05) is 17.9 Å². The smallest absolute Gasteiger partial charge is 0.253 e. The number of aliphatic hydroxyl groups excluding tert-OH is 1. The molecule has 0 aliphatic carbocycles. The van der Waals surface area contributed by atoms with Gasteiger partial charge in [0.1, 0.15) is 0 Å². The van der Waals surface area contributed by atoms with Crippen LogP contribution in [0.15, 0.2) is 36.4 Å². The summed E-state index contributed by atoms with van der Waals surface area (Å²) < 4.78 is 2.10. The molecule has 1 heterocycles. The quantitative estimate of drug-likeness (QED) is 0.887. The molecule has 0 aliphatic heterocycles. The van der Waals surface area contributed by atoms with Crippen molar-refractivity contribution in [2.24, 2.45) is 0 Å². The molecule has 1 amide bonds. The molecule has 21 heavy (non-hydrogen) atoms.